The maximum atomic E-state index is 10.1. The van der Waals surface area contributed by atoms with Crippen molar-refractivity contribution in [3.05, 3.63) is 71.3 Å². The molecule has 92 valence electrons. The summed E-state index contributed by atoms with van der Waals surface area (Å²) in [5.41, 5.74) is 3.74. The van der Waals surface area contributed by atoms with Gasteiger partial charge in [0.05, 0.1) is 12.1 Å². The van der Waals surface area contributed by atoms with Crippen LogP contribution >= 0.6 is 0 Å². The number of fused-ring (bicyclic) bond motifs is 1. The zero-order valence-corrected chi connectivity index (χ0v) is 10.2. The molecule has 0 saturated heterocycles. The Morgan fingerprint density at radius 2 is 1.72 bits per heavy atom. The van der Waals surface area contributed by atoms with E-state index >= 15 is 0 Å². The van der Waals surface area contributed by atoms with Gasteiger partial charge in [0, 0.05) is 13.0 Å². The SMILES string of the molecule is O[C@@H]1Cc2ccccc2[C@@H]1NCc1ccccc1. The summed E-state index contributed by atoms with van der Waals surface area (Å²) in [4.78, 5) is 0. The third-order valence-corrected chi connectivity index (χ3v) is 3.57. The van der Waals surface area contributed by atoms with Crippen LogP contribution < -0.4 is 5.32 Å². The van der Waals surface area contributed by atoms with Gasteiger partial charge in [0.1, 0.15) is 0 Å². The molecule has 0 amide bonds. The lowest BCUT2D eigenvalue weighted by Crippen LogP contribution is -2.28. The van der Waals surface area contributed by atoms with Gasteiger partial charge in [-0.05, 0) is 16.7 Å². The molecule has 2 atom stereocenters. The first kappa shape index (κ1) is 11.5. The van der Waals surface area contributed by atoms with Gasteiger partial charge in [0.25, 0.3) is 0 Å². The molecule has 0 aliphatic heterocycles. The lowest BCUT2D eigenvalue weighted by molar-refractivity contribution is 0.140. The fourth-order valence-electron chi connectivity index (χ4n) is 2.64. The number of aliphatic hydroxyl groups excluding tert-OH is 1. The molecule has 2 aromatic carbocycles. The first-order chi connectivity index (χ1) is 8.84. The predicted molar refractivity (Wildman–Crippen MR) is 72.2 cm³/mol. The van der Waals surface area contributed by atoms with Crippen molar-refractivity contribution in [3.8, 4) is 0 Å². The van der Waals surface area contributed by atoms with Crippen molar-refractivity contribution < 1.29 is 5.11 Å². The van der Waals surface area contributed by atoms with Gasteiger partial charge in [0.2, 0.25) is 0 Å². The topological polar surface area (TPSA) is 32.3 Å². The molecular formula is C16H17NO. The van der Waals surface area contributed by atoms with Crippen LogP contribution in [0.2, 0.25) is 0 Å². The second kappa shape index (κ2) is 4.92. The molecule has 1 aliphatic rings. The van der Waals surface area contributed by atoms with E-state index in [2.05, 4.69) is 29.6 Å². The Hall–Kier alpha value is -1.64. The fraction of sp³-hybridized carbons (Fsp3) is 0.250. The number of nitrogens with one attached hydrogen (secondary N) is 1. The standard InChI is InChI=1S/C16H17NO/c18-15-10-13-8-4-5-9-14(13)16(15)17-11-12-6-2-1-3-7-12/h1-9,15-18H,10-11H2/t15-,16+/m1/s1. The van der Waals surface area contributed by atoms with Crippen LogP contribution in [0.1, 0.15) is 22.7 Å². The maximum Gasteiger partial charge on any atom is 0.0775 e. The van der Waals surface area contributed by atoms with E-state index in [1.165, 1.54) is 16.7 Å². The predicted octanol–water partition coefficient (Wildman–Crippen LogP) is 2.43. The maximum absolute atomic E-state index is 10.1. The van der Waals surface area contributed by atoms with Crippen LogP contribution in [0.15, 0.2) is 54.6 Å². The van der Waals surface area contributed by atoms with Crippen molar-refractivity contribution in [2.75, 3.05) is 0 Å². The molecule has 2 heteroatoms. The van der Waals surface area contributed by atoms with Crippen molar-refractivity contribution in [2.24, 2.45) is 0 Å². The highest BCUT2D eigenvalue weighted by Crippen LogP contribution is 2.31. The zero-order valence-electron chi connectivity index (χ0n) is 10.2. The van der Waals surface area contributed by atoms with E-state index in [0.717, 1.165) is 13.0 Å². The second-order valence-corrected chi connectivity index (χ2v) is 4.81. The average Bonchev–Trinajstić information content (AvgIpc) is 2.73. The Kier molecular flexibility index (Phi) is 3.13. The summed E-state index contributed by atoms with van der Waals surface area (Å²) < 4.78 is 0. The highest BCUT2D eigenvalue weighted by molar-refractivity contribution is 5.36. The van der Waals surface area contributed by atoms with Crippen molar-refractivity contribution in [2.45, 2.75) is 25.1 Å². The Labute approximate surface area is 107 Å². The summed E-state index contributed by atoms with van der Waals surface area (Å²) >= 11 is 0. The van der Waals surface area contributed by atoms with Crippen LogP contribution in [0.25, 0.3) is 0 Å². The fourth-order valence-corrected chi connectivity index (χ4v) is 2.64. The van der Waals surface area contributed by atoms with Gasteiger partial charge in [-0.1, -0.05) is 54.6 Å². The van der Waals surface area contributed by atoms with E-state index in [0.29, 0.717) is 0 Å². The minimum Gasteiger partial charge on any atom is -0.391 e. The smallest absolute Gasteiger partial charge is 0.0775 e. The van der Waals surface area contributed by atoms with Crippen LogP contribution in [0, 0.1) is 0 Å². The summed E-state index contributed by atoms with van der Waals surface area (Å²) in [5, 5.41) is 13.6. The first-order valence-electron chi connectivity index (χ1n) is 6.38. The molecule has 0 radical (unpaired) electrons. The zero-order chi connectivity index (χ0) is 12.4. The Morgan fingerprint density at radius 3 is 2.56 bits per heavy atom. The Morgan fingerprint density at radius 1 is 1.00 bits per heavy atom. The van der Waals surface area contributed by atoms with Crippen LogP contribution in [-0.4, -0.2) is 11.2 Å². The van der Waals surface area contributed by atoms with Crippen LogP contribution in [-0.2, 0) is 13.0 Å². The summed E-state index contributed by atoms with van der Waals surface area (Å²) in [7, 11) is 0. The number of rotatable bonds is 3. The van der Waals surface area contributed by atoms with Gasteiger partial charge >= 0.3 is 0 Å². The molecule has 2 nitrogen and oxygen atoms in total. The van der Waals surface area contributed by atoms with Gasteiger partial charge in [-0.2, -0.15) is 0 Å². The van der Waals surface area contributed by atoms with Crippen molar-refractivity contribution >= 4 is 0 Å². The van der Waals surface area contributed by atoms with Gasteiger partial charge in [-0.15, -0.1) is 0 Å². The van der Waals surface area contributed by atoms with Crippen LogP contribution in [0.5, 0.6) is 0 Å². The molecule has 3 rings (SSSR count). The molecule has 2 aromatic rings. The molecule has 0 saturated carbocycles. The van der Waals surface area contributed by atoms with Crippen LogP contribution in [0.3, 0.4) is 0 Å². The number of aliphatic hydroxyl groups is 1. The molecule has 0 bridgehead atoms. The highest BCUT2D eigenvalue weighted by Gasteiger charge is 2.29. The average molecular weight is 239 g/mol. The molecule has 18 heavy (non-hydrogen) atoms. The second-order valence-electron chi connectivity index (χ2n) is 4.81. The minimum absolute atomic E-state index is 0.0569. The molecule has 0 unspecified atom stereocenters. The van der Waals surface area contributed by atoms with E-state index in [1.54, 1.807) is 0 Å². The largest absolute Gasteiger partial charge is 0.391 e. The normalized spacial score (nSPS) is 21.8. The summed E-state index contributed by atoms with van der Waals surface area (Å²) in [6.07, 6.45) is 0.439. The lowest BCUT2D eigenvalue weighted by Gasteiger charge is -2.18. The van der Waals surface area contributed by atoms with Crippen molar-refractivity contribution in [1.29, 1.82) is 0 Å². The van der Waals surface area contributed by atoms with Crippen LogP contribution in [0.4, 0.5) is 0 Å². The number of hydrogen-bond donors (Lipinski definition) is 2. The van der Waals surface area contributed by atoms with Crippen molar-refractivity contribution in [3.63, 3.8) is 0 Å². The molecule has 0 aromatic heterocycles. The van der Waals surface area contributed by atoms with E-state index < -0.39 is 0 Å². The third kappa shape index (κ3) is 2.17. The summed E-state index contributed by atoms with van der Waals surface area (Å²) in [6.45, 7) is 0.789. The first-order valence-corrected chi connectivity index (χ1v) is 6.38. The van der Waals surface area contributed by atoms with Gasteiger partial charge in [0.15, 0.2) is 0 Å². The highest BCUT2D eigenvalue weighted by atomic mass is 16.3. The van der Waals surface area contributed by atoms with Crippen molar-refractivity contribution in [1.82, 2.24) is 5.32 Å². The lowest BCUT2D eigenvalue weighted by atomic mass is 10.1. The third-order valence-electron chi connectivity index (χ3n) is 3.57. The minimum atomic E-state index is -0.314. The quantitative estimate of drug-likeness (QED) is 0.862. The molecular weight excluding hydrogens is 222 g/mol. The summed E-state index contributed by atoms with van der Waals surface area (Å²) in [6, 6.07) is 18.6. The van der Waals surface area contributed by atoms with E-state index in [1.807, 2.05) is 30.3 Å². The molecule has 0 spiro atoms. The summed E-state index contributed by atoms with van der Waals surface area (Å²) in [5.74, 6) is 0. The van der Waals surface area contributed by atoms with E-state index in [4.69, 9.17) is 0 Å². The Balaban J connectivity index is 1.74. The molecule has 1 aliphatic carbocycles. The molecule has 2 N–H and O–H groups in total. The molecule has 0 fully saturated rings. The number of hydrogen-bond acceptors (Lipinski definition) is 2. The van der Waals surface area contributed by atoms with E-state index in [-0.39, 0.29) is 12.1 Å². The number of benzene rings is 2. The monoisotopic (exact) mass is 239 g/mol. The van der Waals surface area contributed by atoms with Gasteiger partial charge in [-0.25, -0.2) is 0 Å². The van der Waals surface area contributed by atoms with Gasteiger partial charge in [-0.3, -0.25) is 0 Å². The van der Waals surface area contributed by atoms with E-state index in [9.17, 15) is 5.11 Å². The molecule has 0 heterocycles. The van der Waals surface area contributed by atoms with Gasteiger partial charge < -0.3 is 10.4 Å². The Bertz CT molecular complexity index is 524.